The van der Waals surface area contributed by atoms with Crippen molar-refractivity contribution in [3.63, 3.8) is 0 Å². The van der Waals surface area contributed by atoms with Gasteiger partial charge in [-0.05, 0) is 48.0 Å². The van der Waals surface area contributed by atoms with Crippen molar-refractivity contribution in [3.05, 3.63) is 108 Å². The van der Waals surface area contributed by atoms with Gasteiger partial charge in [0.25, 0.3) is 5.91 Å². The van der Waals surface area contributed by atoms with E-state index < -0.39 is 0 Å². The van der Waals surface area contributed by atoms with Gasteiger partial charge in [0.15, 0.2) is 5.65 Å². The van der Waals surface area contributed by atoms with E-state index in [1.807, 2.05) is 53.2 Å². The first kappa shape index (κ1) is 23.5. The van der Waals surface area contributed by atoms with Crippen LogP contribution in [0.25, 0.3) is 22.3 Å². The number of hydrogen-bond acceptors (Lipinski definition) is 5. The lowest BCUT2D eigenvalue weighted by molar-refractivity contribution is 0.0775. The number of hydrogen-bond donors (Lipinski definition) is 0. The third kappa shape index (κ3) is 5.21. The Balaban J connectivity index is 1.44. The van der Waals surface area contributed by atoms with Crippen molar-refractivity contribution in [1.29, 1.82) is 0 Å². The first-order valence-electron chi connectivity index (χ1n) is 11.5. The van der Waals surface area contributed by atoms with Gasteiger partial charge in [-0.2, -0.15) is 5.10 Å². The van der Waals surface area contributed by atoms with Crippen LogP contribution in [0.3, 0.4) is 0 Å². The van der Waals surface area contributed by atoms with Crippen molar-refractivity contribution in [1.82, 2.24) is 24.6 Å². The second kappa shape index (κ2) is 10.6. The molecule has 180 valence electrons. The number of likely N-dealkylation sites (N-methyl/N-ethyl adjacent to an activating group) is 1. The third-order valence-electron chi connectivity index (χ3n) is 5.85. The summed E-state index contributed by atoms with van der Waals surface area (Å²) in [5.41, 5.74) is 3.90. The van der Waals surface area contributed by atoms with Gasteiger partial charge >= 0.3 is 0 Å². The largest absolute Gasteiger partial charge is 0.492 e. The highest BCUT2D eigenvalue weighted by molar-refractivity contribution is 6.30. The number of nitrogens with zero attached hydrogens (tertiary/aromatic N) is 5. The molecule has 0 aliphatic rings. The van der Waals surface area contributed by atoms with Crippen LogP contribution in [0.4, 0.5) is 0 Å². The summed E-state index contributed by atoms with van der Waals surface area (Å²) in [5, 5.41) is 5.92. The van der Waals surface area contributed by atoms with Gasteiger partial charge in [-0.1, -0.05) is 41.9 Å². The molecule has 0 spiro atoms. The van der Waals surface area contributed by atoms with Gasteiger partial charge in [-0.3, -0.25) is 9.78 Å². The molecular formula is C28H24ClN5O2. The number of benzene rings is 2. The van der Waals surface area contributed by atoms with Crippen LogP contribution >= 0.6 is 11.6 Å². The molecule has 8 heteroatoms. The second-order valence-corrected chi connectivity index (χ2v) is 8.78. The molecule has 3 aromatic heterocycles. The molecule has 2 aromatic carbocycles. The normalized spacial score (nSPS) is 10.9. The lowest BCUT2D eigenvalue weighted by Gasteiger charge is -2.18. The second-order valence-electron chi connectivity index (χ2n) is 8.35. The first-order chi connectivity index (χ1) is 17.6. The summed E-state index contributed by atoms with van der Waals surface area (Å²) in [7, 11) is 1.77. The molecule has 0 bridgehead atoms. The van der Waals surface area contributed by atoms with Crippen LogP contribution in [0.15, 0.2) is 91.4 Å². The predicted molar refractivity (Wildman–Crippen MR) is 140 cm³/mol. The summed E-state index contributed by atoms with van der Waals surface area (Å²) in [5.74, 6) is 0.582. The smallest absolute Gasteiger partial charge is 0.254 e. The minimum absolute atomic E-state index is 0.122. The number of aromatic nitrogens is 4. The van der Waals surface area contributed by atoms with E-state index in [1.54, 1.807) is 54.8 Å². The summed E-state index contributed by atoms with van der Waals surface area (Å²) >= 11 is 5.93. The van der Waals surface area contributed by atoms with Gasteiger partial charge < -0.3 is 9.64 Å². The number of amides is 1. The summed E-state index contributed by atoms with van der Waals surface area (Å²) in [6, 6.07) is 22.7. The molecule has 0 atom stereocenters. The van der Waals surface area contributed by atoms with E-state index in [4.69, 9.17) is 21.3 Å². The molecular weight excluding hydrogens is 474 g/mol. The number of ether oxygens (including phenoxy) is 1. The topological polar surface area (TPSA) is 73.1 Å². The maximum atomic E-state index is 13.6. The Labute approximate surface area is 213 Å². The Kier molecular flexibility index (Phi) is 6.91. The molecule has 1 amide bonds. The number of carbonyl (C=O) groups is 1. The van der Waals surface area contributed by atoms with E-state index in [-0.39, 0.29) is 5.91 Å². The zero-order valence-electron chi connectivity index (χ0n) is 19.7. The van der Waals surface area contributed by atoms with Crippen LogP contribution in [0, 0.1) is 0 Å². The van der Waals surface area contributed by atoms with Gasteiger partial charge in [-0.25, -0.2) is 9.67 Å². The van der Waals surface area contributed by atoms with Gasteiger partial charge in [0.2, 0.25) is 0 Å². The highest BCUT2D eigenvalue weighted by Crippen LogP contribution is 2.26. The van der Waals surface area contributed by atoms with Crippen molar-refractivity contribution in [3.8, 4) is 17.0 Å². The maximum Gasteiger partial charge on any atom is 0.254 e. The van der Waals surface area contributed by atoms with Crippen LogP contribution < -0.4 is 4.74 Å². The molecule has 0 aliphatic carbocycles. The highest BCUT2D eigenvalue weighted by atomic mass is 35.5. The summed E-state index contributed by atoms with van der Waals surface area (Å²) in [6.07, 6.45) is 5.21. The van der Waals surface area contributed by atoms with Crippen molar-refractivity contribution in [2.24, 2.45) is 0 Å². The number of rotatable bonds is 8. The lowest BCUT2D eigenvalue weighted by Crippen LogP contribution is -2.31. The third-order valence-corrected chi connectivity index (χ3v) is 6.10. The number of halogens is 1. The summed E-state index contributed by atoms with van der Waals surface area (Å²) in [4.78, 5) is 24.2. The van der Waals surface area contributed by atoms with Crippen molar-refractivity contribution in [2.75, 3.05) is 20.2 Å². The number of pyridine rings is 2. The molecule has 0 unspecified atom stereocenters. The van der Waals surface area contributed by atoms with E-state index in [1.165, 1.54) is 0 Å². The van der Waals surface area contributed by atoms with E-state index >= 15 is 0 Å². The van der Waals surface area contributed by atoms with E-state index in [0.29, 0.717) is 52.8 Å². The Hall–Kier alpha value is -4.23. The van der Waals surface area contributed by atoms with Crippen molar-refractivity contribution >= 4 is 28.5 Å². The van der Waals surface area contributed by atoms with Gasteiger partial charge in [0, 0.05) is 30.0 Å². The minimum atomic E-state index is -0.122. The molecule has 0 saturated carbocycles. The van der Waals surface area contributed by atoms with Crippen molar-refractivity contribution < 1.29 is 9.53 Å². The average Bonchev–Trinajstić information content (AvgIpc) is 3.32. The SMILES string of the molecule is CN(CCOc1ccc(Cl)cc1)C(=O)c1cc(-c2ccccc2)nc2c1cnn2Cc1ccncc1. The Morgan fingerprint density at radius 2 is 1.78 bits per heavy atom. The zero-order valence-corrected chi connectivity index (χ0v) is 20.5. The van der Waals surface area contributed by atoms with Gasteiger partial charge in [0.1, 0.15) is 12.4 Å². The van der Waals surface area contributed by atoms with Crippen LogP contribution in [0.5, 0.6) is 5.75 Å². The zero-order chi connectivity index (χ0) is 24.9. The molecule has 0 fully saturated rings. The summed E-state index contributed by atoms with van der Waals surface area (Å²) < 4.78 is 7.60. The molecule has 0 saturated heterocycles. The van der Waals surface area contributed by atoms with Crippen LogP contribution in [0.1, 0.15) is 15.9 Å². The predicted octanol–water partition coefficient (Wildman–Crippen LogP) is 5.35. The van der Waals surface area contributed by atoms with Crippen LogP contribution in [-0.4, -0.2) is 50.8 Å². The molecule has 3 heterocycles. The highest BCUT2D eigenvalue weighted by Gasteiger charge is 2.20. The average molecular weight is 498 g/mol. The first-order valence-corrected chi connectivity index (χ1v) is 11.9. The monoisotopic (exact) mass is 497 g/mol. The Morgan fingerprint density at radius 1 is 1.03 bits per heavy atom. The van der Waals surface area contributed by atoms with Crippen LogP contribution in [0.2, 0.25) is 5.02 Å². The standard InChI is InChI=1S/C28H24ClN5O2/c1-33(15-16-36-23-9-7-22(29)8-10-23)28(35)24-17-26(21-5-3-2-4-6-21)32-27-25(24)18-31-34(27)19-20-11-13-30-14-12-20/h2-14,17-18H,15-16,19H2,1H3. The van der Waals surface area contributed by atoms with Crippen LogP contribution in [-0.2, 0) is 6.54 Å². The Morgan fingerprint density at radius 3 is 2.53 bits per heavy atom. The fourth-order valence-corrected chi connectivity index (χ4v) is 4.02. The van der Waals surface area contributed by atoms with E-state index in [9.17, 15) is 4.79 Å². The molecule has 0 aliphatic heterocycles. The van der Waals surface area contributed by atoms with Gasteiger partial charge in [0.05, 0.1) is 35.9 Å². The summed E-state index contributed by atoms with van der Waals surface area (Å²) in [6.45, 7) is 1.29. The molecule has 5 rings (SSSR count). The molecule has 0 radical (unpaired) electrons. The van der Waals surface area contributed by atoms with E-state index in [0.717, 1.165) is 11.1 Å². The van der Waals surface area contributed by atoms with Crippen molar-refractivity contribution in [2.45, 2.75) is 6.54 Å². The molecule has 7 nitrogen and oxygen atoms in total. The van der Waals surface area contributed by atoms with E-state index in [2.05, 4.69) is 10.1 Å². The fraction of sp³-hybridized carbons (Fsp3) is 0.143. The fourth-order valence-electron chi connectivity index (χ4n) is 3.90. The number of carbonyl (C=O) groups excluding carboxylic acids is 1. The molecule has 0 N–H and O–H groups in total. The Bertz CT molecular complexity index is 1470. The van der Waals surface area contributed by atoms with Gasteiger partial charge in [-0.15, -0.1) is 0 Å². The minimum Gasteiger partial charge on any atom is -0.492 e. The molecule has 5 aromatic rings. The quantitative estimate of drug-likeness (QED) is 0.289. The molecule has 36 heavy (non-hydrogen) atoms. The lowest BCUT2D eigenvalue weighted by atomic mass is 10.1. The maximum absolute atomic E-state index is 13.6. The number of fused-ring (bicyclic) bond motifs is 1.